The third-order valence-electron chi connectivity index (χ3n) is 3.41. The Bertz CT molecular complexity index is 495. The summed E-state index contributed by atoms with van der Waals surface area (Å²) in [4.78, 5) is 37.7. The summed E-state index contributed by atoms with van der Waals surface area (Å²) in [6.07, 6.45) is 2.45. The summed E-state index contributed by atoms with van der Waals surface area (Å²) in [5, 5.41) is 19.3. The normalized spacial score (nSPS) is 18.2. The molecule has 1 aliphatic rings. The molecule has 142 valence electrons. The van der Waals surface area contributed by atoms with E-state index in [0.717, 1.165) is 22.6 Å². The zero-order chi connectivity index (χ0) is 18.8. The van der Waals surface area contributed by atoms with Crippen LogP contribution in [0.1, 0.15) is 39.5 Å². The molecule has 9 nitrogen and oxygen atoms in total. The van der Waals surface area contributed by atoms with Crippen molar-refractivity contribution in [1.82, 2.24) is 9.80 Å². The number of unbranched alkanes of at least 4 members (excludes halogenated alkanes) is 1. The largest absolute Gasteiger partial charge is 0.464 e. The molecular formula is C16H26N2O7. The lowest BCUT2D eigenvalue weighted by molar-refractivity contribution is -0.170. The van der Waals surface area contributed by atoms with E-state index in [1.165, 1.54) is 12.3 Å². The van der Waals surface area contributed by atoms with E-state index in [-0.39, 0.29) is 19.6 Å². The van der Waals surface area contributed by atoms with E-state index in [9.17, 15) is 24.6 Å². The Kier molecular flexibility index (Phi) is 8.93. The lowest BCUT2D eigenvalue weighted by Gasteiger charge is -2.33. The van der Waals surface area contributed by atoms with Gasteiger partial charge in [0.25, 0.3) is 0 Å². The monoisotopic (exact) mass is 358 g/mol. The van der Waals surface area contributed by atoms with Crippen LogP contribution >= 0.6 is 0 Å². The van der Waals surface area contributed by atoms with E-state index in [4.69, 9.17) is 9.47 Å². The number of hydrogen-bond acceptors (Lipinski definition) is 7. The molecule has 0 aromatic rings. The van der Waals surface area contributed by atoms with Gasteiger partial charge >= 0.3 is 18.0 Å². The molecule has 0 bridgehead atoms. The van der Waals surface area contributed by atoms with Crippen molar-refractivity contribution in [2.45, 2.75) is 52.0 Å². The number of urea groups is 1. The molecule has 1 rings (SSSR count). The maximum atomic E-state index is 12.3. The molecule has 0 aliphatic carbocycles. The van der Waals surface area contributed by atoms with Crippen molar-refractivity contribution in [2.24, 2.45) is 0 Å². The van der Waals surface area contributed by atoms with Crippen molar-refractivity contribution in [3.8, 4) is 0 Å². The van der Waals surface area contributed by atoms with Crippen LogP contribution in [0.2, 0.25) is 0 Å². The minimum Gasteiger partial charge on any atom is -0.464 e. The number of ether oxygens (including phenoxy) is 2. The topological polar surface area (TPSA) is 117 Å². The highest BCUT2D eigenvalue weighted by Crippen LogP contribution is 2.13. The molecule has 1 heterocycles. The minimum atomic E-state index is -1.32. The summed E-state index contributed by atoms with van der Waals surface area (Å²) >= 11 is 0. The molecule has 0 saturated heterocycles. The SMILES string of the molecule is CCCCOC(=O)CN1C=CC(O)N(CC(=O)OC(O)CCC)C1=O. The molecule has 25 heavy (non-hydrogen) atoms. The van der Waals surface area contributed by atoms with Gasteiger partial charge < -0.3 is 19.7 Å². The van der Waals surface area contributed by atoms with Crippen LogP contribution in [0.3, 0.4) is 0 Å². The van der Waals surface area contributed by atoms with Gasteiger partial charge in [0.2, 0.25) is 6.29 Å². The number of carbonyl (C=O) groups excluding carboxylic acids is 3. The van der Waals surface area contributed by atoms with Gasteiger partial charge in [0.05, 0.1) is 6.61 Å². The molecule has 0 aromatic carbocycles. The molecule has 9 heteroatoms. The van der Waals surface area contributed by atoms with Crippen molar-refractivity contribution < 1.29 is 34.1 Å². The summed E-state index contributed by atoms with van der Waals surface area (Å²) in [7, 11) is 0. The van der Waals surface area contributed by atoms with Gasteiger partial charge in [-0.3, -0.25) is 19.4 Å². The van der Waals surface area contributed by atoms with Crippen molar-refractivity contribution >= 4 is 18.0 Å². The molecule has 2 unspecified atom stereocenters. The fourth-order valence-corrected chi connectivity index (χ4v) is 2.06. The van der Waals surface area contributed by atoms with Gasteiger partial charge in [-0.05, 0) is 12.5 Å². The third kappa shape index (κ3) is 7.10. The standard InChI is InChI=1S/C16H26N2O7/c1-3-5-9-24-14(21)10-17-8-7-12(19)18(16(17)23)11-15(22)25-13(20)6-4-2/h7-8,12-13,19-20H,3-6,9-11H2,1-2H3. The highest BCUT2D eigenvalue weighted by Gasteiger charge is 2.32. The fourth-order valence-electron chi connectivity index (χ4n) is 2.06. The highest BCUT2D eigenvalue weighted by atomic mass is 16.6. The second-order valence-electron chi connectivity index (χ2n) is 5.60. The molecule has 2 amide bonds. The number of aliphatic hydroxyl groups is 2. The van der Waals surface area contributed by atoms with Gasteiger partial charge in [0.1, 0.15) is 13.1 Å². The van der Waals surface area contributed by atoms with E-state index >= 15 is 0 Å². The van der Waals surface area contributed by atoms with Crippen LogP contribution < -0.4 is 0 Å². The lowest BCUT2D eigenvalue weighted by Crippen LogP contribution is -2.52. The summed E-state index contributed by atoms with van der Waals surface area (Å²) in [5.74, 6) is -1.43. The second kappa shape index (κ2) is 10.7. The van der Waals surface area contributed by atoms with Crippen LogP contribution in [0.25, 0.3) is 0 Å². The Labute approximate surface area is 146 Å². The molecule has 0 spiro atoms. The van der Waals surface area contributed by atoms with Gasteiger partial charge in [0, 0.05) is 12.6 Å². The van der Waals surface area contributed by atoms with Crippen molar-refractivity contribution in [2.75, 3.05) is 19.7 Å². The molecule has 0 aromatic heterocycles. The van der Waals surface area contributed by atoms with Crippen LogP contribution in [0, 0.1) is 0 Å². The Morgan fingerprint density at radius 2 is 1.96 bits per heavy atom. The van der Waals surface area contributed by atoms with E-state index in [1.54, 1.807) is 0 Å². The van der Waals surface area contributed by atoms with Crippen molar-refractivity contribution in [3.63, 3.8) is 0 Å². The summed E-state index contributed by atoms with van der Waals surface area (Å²) < 4.78 is 9.73. The van der Waals surface area contributed by atoms with Crippen LogP contribution in [0.15, 0.2) is 12.3 Å². The van der Waals surface area contributed by atoms with E-state index in [1.807, 2.05) is 13.8 Å². The van der Waals surface area contributed by atoms with Crippen molar-refractivity contribution in [1.29, 1.82) is 0 Å². The lowest BCUT2D eigenvalue weighted by atomic mass is 10.3. The zero-order valence-electron chi connectivity index (χ0n) is 14.6. The highest BCUT2D eigenvalue weighted by molar-refractivity contribution is 5.85. The molecule has 0 saturated carbocycles. The van der Waals surface area contributed by atoms with Gasteiger partial charge in [0.15, 0.2) is 6.23 Å². The predicted octanol–water partition coefficient (Wildman–Crippen LogP) is 0.561. The Morgan fingerprint density at radius 1 is 1.24 bits per heavy atom. The first kappa shape index (κ1) is 20.9. The van der Waals surface area contributed by atoms with Gasteiger partial charge in [-0.1, -0.05) is 26.7 Å². The fraction of sp³-hybridized carbons (Fsp3) is 0.688. The summed E-state index contributed by atoms with van der Waals surface area (Å²) in [6.45, 7) is 3.18. The number of rotatable bonds is 10. The van der Waals surface area contributed by atoms with Gasteiger partial charge in [-0.2, -0.15) is 0 Å². The van der Waals surface area contributed by atoms with Gasteiger partial charge in [-0.25, -0.2) is 4.79 Å². The van der Waals surface area contributed by atoms with Crippen LogP contribution in [0.4, 0.5) is 4.79 Å². The van der Waals surface area contributed by atoms with E-state index < -0.39 is 37.0 Å². The Hall–Kier alpha value is -2.13. The van der Waals surface area contributed by atoms with Crippen LogP contribution in [0.5, 0.6) is 0 Å². The molecule has 2 N–H and O–H groups in total. The van der Waals surface area contributed by atoms with Crippen LogP contribution in [-0.2, 0) is 19.1 Å². The van der Waals surface area contributed by atoms with Crippen molar-refractivity contribution in [3.05, 3.63) is 12.3 Å². The number of nitrogens with zero attached hydrogens (tertiary/aromatic N) is 2. The average molecular weight is 358 g/mol. The quantitative estimate of drug-likeness (QED) is 0.333. The first-order valence-electron chi connectivity index (χ1n) is 8.35. The first-order valence-corrected chi connectivity index (χ1v) is 8.35. The number of aliphatic hydroxyl groups excluding tert-OH is 2. The summed E-state index contributed by atoms with van der Waals surface area (Å²) in [5.41, 5.74) is 0. The summed E-state index contributed by atoms with van der Waals surface area (Å²) in [6, 6.07) is -0.732. The third-order valence-corrected chi connectivity index (χ3v) is 3.41. The molecule has 2 atom stereocenters. The maximum absolute atomic E-state index is 12.3. The van der Waals surface area contributed by atoms with Crippen LogP contribution in [-0.4, -0.2) is 70.2 Å². The number of esters is 2. The molecule has 0 radical (unpaired) electrons. The number of amides is 2. The average Bonchev–Trinajstić information content (AvgIpc) is 2.54. The second-order valence-corrected chi connectivity index (χ2v) is 5.60. The van der Waals surface area contributed by atoms with E-state index in [0.29, 0.717) is 6.42 Å². The van der Waals surface area contributed by atoms with E-state index in [2.05, 4.69) is 0 Å². The minimum absolute atomic E-state index is 0.273. The molecule has 0 fully saturated rings. The zero-order valence-corrected chi connectivity index (χ0v) is 14.6. The number of hydrogen-bond donors (Lipinski definition) is 2. The number of carbonyl (C=O) groups is 3. The molecular weight excluding hydrogens is 332 g/mol. The van der Waals surface area contributed by atoms with Gasteiger partial charge in [-0.15, -0.1) is 0 Å². The molecule has 1 aliphatic heterocycles. The Balaban J connectivity index is 2.58. The Morgan fingerprint density at radius 3 is 2.60 bits per heavy atom. The first-order chi connectivity index (χ1) is 11.9. The maximum Gasteiger partial charge on any atom is 0.328 e. The predicted molar refractivity (Wildman–Crippen MR) is 86.8 cm³/mol. The smallest absolute Gasteiger partial charge is 0.328 e.